The molecule has 0 aliphatic heterocycles. The van der Waals surface area contributed by atoms with Crippen LogP contribution in [0.1, 0.15) is 11.4 Å². The summed E-state index contributed by atoms with van der Waals surface area (Å²) in [5.74, 6) is 0.318. The number of aryl methyl sites for hydroxylation is 1. The molecule has 0 amide bonds. The molecule has 2 aromatic carbocycles. The molecule has 4 rings (SSSR count). The van der Waals surface area contributed by atoms with Crippen molar-refractivity contribution in [1.29, 1.82) is 0 Å². The van der Waals surface area contributed by atoms with E-state index >= 15 is 0 Å². The number of hydrogen-bond acceptors (Lipinski definition) is 9. The zero-order chi connectivity index (χ0) is 23.6. The Labute approximate surface area is 192 Å². The van der Waals surface area contributed by atoms with Gasteiger partial charge < -0.3 is 4.74 Å². The lowest BCUT2D eigenvalue weighted by Crippen LogP contribution is -2.14. The lowest BCUT2D eigenvalue weighted by atomic mass is 10.3. The van der Waals surface area contributed by atoms with Crippen molar-refractivity contribution in [2.24, 2.45) is 5.10 Å². The maximum absolute atomic E-state index is 12.8. The van der Waals surface area contributed by atoms with Crippen molar-refractivity contribution in [1.82, 2.24) is 9.38 Å². The number of anilines is 2. The van der Waals surface area contributed by atoms with Crippen LogP contribution in [0.3, 0.4) is 0 Å². The third-order valence-electron chi connectivity index (χ3n) is 4.68. The number of ether oxygens (including phenoxy) is 1. The van der Waals surface area contributed by atoms with Gasteiger partial charge >= 0.3 is 0 Å². The molecule has 0 atom stereocenters. The molecule has 0 spiro atoms. The van der Waals surface area contributed by atoms with Crippen LogP contribution in [-0.4, -0.2) is 36.1 Å². The van der Waals surface area contributed by atoms with Crippen molar-refractivity contribution in [2.45, 2.75) is 11.8 Å². The van der Waals surface area contributed by atoms with Gasteiger partial charge in [-0.05, 0) is 31.2 Å². The SMILES string of the molecule is COc1ccccc1NS(=O)(=O)c1ccc(N/N=C/c2c(C)nc3sccn23)c([N+](=O)[O-])c1. The minimum Gasteiger partial charge on any atom is -0.495 e. The number of thiazole rings is 1. The van der Waals surface area contributed by atoms with Crippen molar-refractivity contribution in [3.8, 4) is 5.75 Å². The second-order valence-electron chi connectivity index (χ2n) is 6.75. The number of imidazole rings is 1. The number of nitrogens with one attached hydrogen (secondary N) is 2. The standard InChI is InChI=1S/C20H18N6O5S2/c1-13-18(25-9-10-32-20(25)22-13)12-21-23-15-8-7-14(11-17(15)26(27)28)33(29,30)24-16-5-3-4-6-19(16)31-2/h3-12,23-24H,1-2H3/b21-12+. The first-order valence-corrected chi connectivity index (χ1v) is 11.8. The number of nitrogens with zero attached hydrogens (tertiary/aromatic N) is 4. The highest BCUT2D eigenvalue weighted by molar-refractivity contribution is 7.92. The largest absolute Gasteiger partial charge is 0.495 e. The summed E-state index contributed by atoms with van der Waals surface area (Å²) < 4.78 is 35.0. The van der Waals surface area contributed by atoms with Crippen molar-refractivity contribution in [3.63, 3.8) is 0 Å². The first-order chi connectivity index (χ1) is 15.8. The Balaban J connectivity index is 1.60. The van der Waals surface area contributed by atoms with Gasteiger partial charge in [-0.2, -0.15) is 5.10 Å². The maximum Gasteiger partial charge on any atom is 0.295 e. The van der Waals surface area contributed by atoms with Gasteiger partial charge in [-0.25, -0.2) is 13.4 Å². The summed E-state index contributed by atoms with van der Waals surface area (Å²) >= 11 is 1.47. The van der Waals surface area contributed by atoms with Gasteiger partial charge in [0.25, 0.3) is 15.7 Å². The second kappa shape index (κ2) is 8.88. The number of para-hydroxylation sites is 2. The first-order valence-electron chi connectivity index (χ1n) is 9.45. The minimum atomic E-state index is -4.11. The monoisotopic (exact) mass is 486 g/mol. The van der Waals surface area contributed by atoms with Crippen molar-refractivity contribution >= 4 is 49.6 Å². The van der Waals surface area contributed by atoms with Crippen molar-refractivity contribution in [3.05, 3.63) is 75.5 Å². The quantitative estimate of drug-likeness (QED) is 0.219. The normalized spacial score (nSPS) is 11.7. The summed E-state index contributed by atoms with van der Waals surface area (Å²) in [5.41, 5.74) is 3.91. The molecule has 2 heterocycles. The zero-order valence-corrected chi connectivity index (χ0v) is 19.1. The van der Waals surface area contributed by atoms with Crippen LogP contribution in [0.2, 0.25) is 0 Å². The minimum absolute atomic E-state index is 0.0382. The summed E-state index contributed by atoms with van der Waals surface area (Å²) in [6.45, 7) is 1.83. The van der Waals surface area contributed by atoms with E-state index in [4.69, 9.17) is 4.74 Å². The Hall–Kier alpha value is -3.97. The topological polar surface area (TPSA) is 140 Å². The summed E-state index contributed by atoms with van der Waals surface area (Å²) in [5, 5.41) is 17.6. The Morgan fingerprint density at radius 3 is 2.79 bits per heavy atom. The lowest BCUT2D eigenvalue weighted by molar-refractivity contribution is -0.384. The molecule has 0 bridgehead atoms. The predicted molar refractivity (Wildman–Crippen MR) is 126 cm³/mol. The molecule has 13 heteroatoms. The molecule has 0 fully saturated rings. The van der Waals surface area contributed by atoms with Crippen LogP contribution in [0.15, 0.2) is 64.0 Å². The summed E-state index contributed by atoms with van der Waals surface area (Å²) in [6, 6.07) is 9.96. The Bertz CT molecular complexity index is 1480. The van der Waals surface area contributed by atoms with E-state index in [1.54, 1.807) is 18.2 Å². The average molecular weight is 487 g/mol. The number of nitro benzene ring substituents is 1. The van der Waals surface area contributed by atoms with Gasteiger partial charge in [-0.1, -0.05) is 12.1 Å². The summed E-state index contributed by atoms with van der Waals surface area (Å²) in [4.78, 5) is 15.9. The fourth-order valence-corrected chi connectivity index (χ4v) is 4.94. The number of methoxy groups -OCH3 is 1. The Morgan fingerprint density at radius 1 is 1.24 bits per heavy atom. The number of hydrogen-bond donors (Lipinski definition) is 2. The maximum atomic E-state index is 12.8. The number of rotatable bonds is 8. The third kappa shape index (κ3) is 4.49. The van der Waals surface area contributed by atoms with Crippen molar-refractivity contribution < 1.29 is 18.1 Å². The number of aromatic nitrogens is 2. The van der Waals surface area contributed by atoms with E-state index in [0.29, 0.717) is 5.75 Å². The second-order valence-corrected chi connectivity index (χ2v) is 9.31. The van der Waals surface area contributed by atoms with Crippen LogP contribution >= 0.6 is 11.3 Å². The molecule has 11 nitrogen and oxygen atoms in total. The van der Waals surface area contributed by atoms with Gasteiger partial charge in [0, 0.05) is 17.6 Å². The molecule has 0 saturated carbocycles. The molecule has 4 aromatic rings. The van der Waals surface area contributed by atoms with Gasteiger partial charge in [-0.15, -0.1) is 11.3 Å². The van der Waals surface area contributed by atoms with Gasteiger partial charge in [-0.3, -0.25) is 24.7 Å². The van der Waals surface area contributed by atoms with Crippen LogP contribution in [-0.2, 0) is 10.0 Å². The Morgan fingerprint density at radius 2 is 2.03 bits per heavy atom. The highest BCUT2D eigenvalue weighted by Gasteiger charge is 2.22. The van der Waals surface area contributed by atoms with Gasteiger partial charge in [0.15, 0.2) is 4.96 Å². The van der Waals surface area contributed by atoms with E-state index in [9.17, 15) is 18.5 Å². The lowest BCUT2D eigenvalue weighted by Gasteiger charge is -2.12. The molecule has 2 N–H and O–H groups in total. The van der Waals surface area contributed by atoms with Gasteiger partial charge in [0.1, 0.15) is 11.4 Å². The zero-order valence-electron chi connectivity index (χ0n) is 17.4. The molecule has 2 aromatic heterocycles. The molecule has 0 aliphatic rings. The number of sulfonamides is 1. The number of nitro groups is 1. The fraction of sp³-hybridized carbons (Fsp3) is 0.100. The number of benzene rings is 2. The van der Waals surface area contributed by atoms with Crippen LogP contribution in [0, 0.1) is 17.0 Å². The Kier molecular flexibility index (Phi) is 5.98. The first kappa shape index (κ1) is 22.2. The van der Waals surface area contributed by atoms with E-state index in [1.165, 1.54) is 42.9 Å². The van der Waals surface area contributed by atoms with Crippen LogP contribution in [0.4, 0.5) is 17.1 Å². The number of fused-ring (bicyclic) bond motifs is 1. The van der Waals surface area contributed by atoms with E-state index in [1.807, 2.05) is 22.9 Å². The van der Waals surface area contributed by atoms with Crippen LogP contribution in [0.25, 0.3) is 4.96 Å². The molecule has 0 unspecified atom stereocenters. The average Bonchev–Trinajstić information content (AvgIpc) is 3.35. The van der Waals surface area contributed by atoms with E-state index < -0.39 is 20.6 Å². The molecule has 0 radical (unpaired) electrons. The van der Waals surface area contributed by atoms with E-state index in [2.05, 4.69) is 20.2 Å². The van der Waals surface area contributed by atoms with Crippen molar-refractivity contribution in [2.75, 3.05) is 17.3 Å². The van der Waals surface area contributed by atoms with Crippen LogP contribution < -0.4 is 14.9 Å². The third-order valence-corrected chi connectivity index (χ3v) is 6.80. The highest BCUT2D eigenvalue weighted by Crippen LogP contribution is 2.30. The van der Waals surface area contributed by atoms with Gasteiger partial charge in [0.05, 0.1) is 40.2 Å². The molecular weight excluding hydrogens is 468 g/mol. The van der Waals surface area contributed by atoms with Crippen LogP contribution in [0.5, 0.6) is 5.75 Å². The molecule has 0 saturated heterocycles. The molecule has 170 valence electrons. The molecule has 0 aliphatic carbocycles. The van der Waals surface area contributed by atoms with Gasteiger partial charge in [0.2, 0.25) is 0 Å². The predicted octanol–water partition coefficient (Wildman–Crippen LogP) is 3.87. The molecule has 33 heavy (non-hydrogen) atoms. The van der Waals surface area contributed by atoms with E-state index in [-0.39, 0.29) is 16.3 Å². The summed E-state index contributed by atoms with van der Waals surface area (Å²) in [7, 11) is -2.70. The summed E-state index contributed by atoms with van der Waals surface area (Å²) in [6.07, 6.45) is 3.35. The van der Waals surface area contributed by atoms with E-state index in [0.717, 1.165) is 22.4 Å². The number of hydrazone groups is 1. The fourth-order valence-electron chi connectivity index (χ4n) is 3.09. The highest BCUT2D eigenvalue weighted by atomic mass is 32.2. The molecular formula is C20H18N6O5S2. The smallest absolute Gasteiger partial charge is 0.295 e.